The number of carbonyl (C=O) groups excluding carboxylic acids is 1. The number of hydrogen-bond donors (Lipinski definition) is 0. The Labute approximate surface area is 296 Å². The van der Waals surface area contributed by atoms with Gasteiger partial charge < -0.3 is 14.2 Å². The van der Waals surface area contributed by atoms with E-state index in [4.69, 9.17) is 61.3 Å². The van der Waals surface area contributed by atoms with Crippen molar-refractivity contribution >= 4 is 85.5 Å². The van der Waals surface area contributed by atoms with Crippen molar-refractivity contribution in [3.63, 3.8) is 0 Å². The Morgan fingerprint density at radius 3 is 2.08 bits per heavy atom. The molecule has 2 aromatic heterocycles. The summed E-state index contributed by atoms with van der Waals surface area (Å²) in [6.07, 6.45) is 1.35. The van der Waals surface area contributed by atoms with E-state index in [0.29, 0.717) is 54.7 Å². The van der Waals surface area contributed by atoms with E-state index in [9.17, 15) is 13.2 Å². The van der Waals surface area contributed by atoms with Gasteiger partial charge in [0.1, 0.15) is 52.8 Å². The average molecular weight is 686 g/mol. The summed E-state index contributed by atoms with van der Waals surface area (Å²) in [5.74, 6) is -4.43. The van der Waals surface area contributed by atoms with E-state index >= 15 is 8.78 Å². The second-order valence-electron chi connectivity index (χ2n) is 11.8. The van der Waals surface area contributed by atoms with Gasteiger partial charge in [0.2, 0.25) is 0 Å². The number of hydrogen-bond acceptors (Lipinski definition) is 8. The van der Waals surface area contributed by atoms with E-state index in [-0.39, 0.29) is 23.6 Å². The molecule has 2 aromatic carbocycles. The van der Waals surface area contributed by atoms with E-state index in [1.165, 1.54) is 27.2 Å². The van der Waals surface area contributed by atoms with Crippen molar-refractivity contribution in [2.24, 2.45) is 0 Å². The zero-order valence-electron chi connectivity index (χ0n) is 26.9. The fourth-order valence-corrected chi connectivity index (χ4v) is 7.50. The van der Waals surface area contributed by atoms with Crippen LogP contribution in [0, 0.1) is 11.6 Å². The van der Waals surface area contributed by atoms with Gasteiger partial charge >= 0.3 is 6.03 Å². The van der Waals surface area contributed by atoms with Crippen molar-refractivity contribution < 1.29 is 36.2 Å². The number of anilines is 2. The normalized spacial score (nSPS) is 16.1. The highest BCUT2D eigenvalue weighted by Gasteiger charge is 2.39. The lowest BCUT2D eigenvalue weighted by atomic mass is 9.52. The number of aromatic nitrogens is 2. The van der Waals surface area contributed by atoms with Gasteiger partial charge in [-0.25, -0.2) is 30.9 Å². The van der Waals surface area contributed by atoms with Crippen molar-refractivity contribution in [2.75, 3.05) is 42.6 Å². The molecule has 0 bridgehead atoms. The minimum atomic E-state index is -4.18. The molecular formula is C30H25B6F2N5O6S. The largest absolute Gasteiger partial charge is 0.513 e. The summed E-state index contributed by atoms with van der Waals surface area (Å²) in [6, 6.07) is 9.34. The molecule has 2 aliphatic rings. The molecule has 6 rings (SSSR count). The first kappa shape index (κ1) is 35.9. The van der Waals surface area contributed by atoms with Crippen LogP contribution in [0.15, 0.2) is 53.6 Å². The van der Waals surface area contributed by atoms with Gasteiger partial charge in [-0.1, -0.05) is 18.2 Å². The Hall–Kier alpha value is -3.88. The summed E-state index contributed by atoms with van der Waals surface area (Å²) in [6.45, 7) is 3.52. The highest BCUT2D eigenvalue weighted by molar-refractivity contribution is 7.90. The molecule has 244 valence electrons. The van der Waals surface area contributed by atoms with Gasteiger partial charge in [-0.2, -0.15) is 0 Å². The van der Waals surface area contributed by atoms with Gasteiger partial charge in [-0.15, -0.1) is 0 Å². The van der Waals surface area contributed by atoms with E-state index in [2.05, 4.69) is 4.98 Å². The van der Waals surface area contributed by atoms with Gasteiger partial charge in [0, 0.05) is 49.4 Å². The van der Waals surface area contributed by atoms with Crippen molar-refractivity contribution in [3.8, 4) is 11.5 Å². The van der Waals surface area contributed by atoms with Crippen LogP contribution in [0.25, 0.3) is 11.0 Å². The molecule has 1 fully saturated rings. The molecule has 0 N–H and O–H groups in total. The van der Waals surface area contributed by atoms with Gasteiger partial charge in [-0.3, -0.25) is 14.7 Å². The van der Waals surface area contributed by atoms with Crippen molar-refractivity contribution in [2.45, 2.75) is 35.5 Å². The number of morpholine rings is 1. The van der Waals surface area contributed by atoms with Crippen LogP contribution in [0.1, 0.15) is 18.2 Å². The lowest BCUT2D eigenvalue weighted by molar-refractivity contribution is 0.0336. The molecule has 4 aromatic rings. The zero-order valence-corrected chi connectivity index (χ0v) is 27.7. The number of fused-ring (bicyclic) bond motifs is 3. The van der Waals surface area contributed by atoms with Crippen LogP contribution in [0.5, 0.6) is 11.5 Å². The Balaban J connectivity index is 1.53. The molecule has 20 heteroatoms. The lowest BCUT2D eigenvalue weighted by Crippen LogP contribution is -2.48. The average Bonchev–Trinajstić information content (AvgIpc) is 3.42. The number of nitrogens with zero attached hydrogens (tertiary/aromatic N) is 5. The summed E-state index contributed by atoms with van der Waals surface area (Å²) in [5, 5.41) is -4.54. The fraction of sp³-hybridized carbons (Fsp3) is 0.333. The third-order valence-corrected chi connectivity index (χ3v) is 9.76. The minimum Gasteiger partial charge on any atom is -0.513 e. The van der Waals surface area contributed by atoms with E-state index in [1.54, 1.807) is 31.2 Å². The molecule has 0 spiro atoms. The van der Waals surface area contributed by atoms with Crippen LogP contribution in [0.3, 0.4) is 0 Å². The van der Waals surface area contributed by atoms with Gasteiger partial charge in [-0.05, 0) is 35.7 Å². The lowest BCUT2D eigenvalue weighted by Gasteiger charge is -2.37. The maximum atomic E-state index is 16.1. The van der Waals surface area contributed by atoms with Crippen molar-refractivity contribution in [3.05, 3.63) is 71.6 Å². The standard InChI is InChI=1S/C30H25B6F2N5O6S/c1-2-41-25-17(15-42(28(41)44)26-23(37)21(48-29(31,32)33)13-22(24(26)38)49-30(34,35)36)14-39-27-20(25)12-18(16-40-8-10-47-11-9-40)43(27)50(45,46)19-6-4-3-5-7-19/h3-7,12-14H,2,8-11,15-16H2,1H3. The highest BCUT2D eigenvalue weighted by Crippen LogP contribution is 2.44. The molecule has 0 atom stereocenters. The predicted molar refractivity (Wildman–Crippen MR) is 187 cm³/mol. The van der Waals surface area contributed by atoms with Crippen LogP contribution >= 0.6 is 0 Å². The second kappa shape index (κ2) is 13.3. The second-order valence-corrected chi connectivity index (χ2v) is 13.6. The van der Waals surface area contributed by atoms with Crippen LogP contribution in [0.2, 0.25) is 0 Å². The maximum Gasteiger partial charge on any atom is 0.329 e. The number of benzene rings is 2. The predicted octanol–water partition coefficient (Wildman–Crippen LogP) is 1.34. The third-order valence-electron chi connectivity index (χ3n) is 8.01. The molecule has 0 aliphatic carbocycles. The molecule has 0 unspecified atom stereocenters. The number of pyridine rings is 1. The van der Waals surface area contributed by atoms with Crippen LogP contribution in [0.4, 0.5) is 25.0 Å². The molecule has 4 heterocycles. The summed E-state index contributed by atoms with van der Waals surface area (Å²) in [7, 11) is 28.9. The minimum absolute atomic E-state index is 0.00529. The van der Waals surface area contributed by atoms with Crippen LogP contribution < -0.4 is 19.3 Å². The topological polar surface area (TPSA) is 106 Å². The Kier molecular flexibility index (Phi) is 9.59. The van der Waals surface area contributed by atoms with E-state index < -0.39 is 62.0 Å². The zero-order chi connectivity index (χ0) is 36.2. The van der Waals surface area contributed by atoms with Gasteiger partial charge in [0.25, 0.3) is 10.0 Å². The molecule has 0 saturated carbocycles. The smallest absolute Gasteiger partial charge is 0.329 e. The van der Waals surface area contributed by atoms with Gasteiger partial charge in [0.15, 0.2) is 28.8 Å². The van der Waals surface area contributed by atoms with Crippen LogP contribution in [-0.2, 0) is 27.8 Å². The fourth-order valence-electron chi connectivity index (χ4n) is 5.99. The summed E-state index contributed by atoms with van der Waals surface area (Å²) < 4.78 is 77.3. The van der Waals surface area contributed by atoms with Crippen molar-refractivity contribution in [1.29, 1.82) is 0 Å². The number of rotatable bonds is 10. The third kappa shape index (κ3) is 6.89. The number of carbonyl (C=O) groups is 1. The highest BCUT2D eigenvalue weighted by atomic mass is 32.2. The number of amides is 2. The van der Waals surface area contributed by atoms with Crippen LogP contribution in [-0.4, -0.2) is 119 Å². The number of ether oxygens (including phenoxy) is 3. The molecule has 12 radical (unpaired) electrons. The molecule has 2 amide bonds. The molecule has 50 heavy (non-hydrogen) atoms. The van der Waals surface area contributed by atoms with E-state index in [0.717, 1.165) is 4.90 Å². The quantitative estimate of drug-likeness (QED) is 0.231. The monoisotopic (exact) mass is 687 g/mol. The molecule has 1 saturated heterocycles. The first-order chi connectivity index (χ1) is 23.5. The van der Waals surface area contributed by atoms with Gasteiger partial charge in [0.05, 0.1) is 36.0 Å². The Morgan fingerprint density at radius 2 is 1.52 bits per heavy atom. The summed E-state index contributed by atoms with van der Waals surface area (Å²) in [5.41, 5.74) is 0.148. The summed E-state index contributed by atoms with van der Waals surface area (Å²) in [4.78, 5) is 22.8. The summed E-state index contributed by atoms with van der Waals surface area (Å²) >= 11 is 0. The SMILES string of the molecule is [B]C([B])([B])Oc1cc(OC([B])([B])[B])c(F)c(N2Cc3cnc4c(cc(CN5CCOCC5)n4S(=O)(=O)c4ccccc4)c3N(CC)C2=O)c1F. The number of halogens is 2. The van der Waals surface area contributed by atoms with E-state index in [1.807, 2.05) is 4.90 Å². The maximum absolute atomic E-state index is 16.1. The molecule has 11 nitrogen and oxygen atoms in total. The molecule has 2 aliphatic heterocycles. The van der Waals surface area contributed by atoms with Crippen molar-refractivity contribution in [1.82, 2.24) is 13.9 Å². The Morgan fingerprint density at radius 1 is 0.920 bits per heavy atom. The molecular weight excluding hydrogens is 661 g/mol. The first-order valence-corrected chi connectivity index (χ1v) is 16.8. The first-order valence-electron chi connectivity index (χ1n) is 15.4. The number of urea groups is 1. The Bertz CT molecular complexity index is 2020.